The molecule has 152 valence electrons. The van der Waals surface area contributed by atoms with Crippen molar-refractivity contribution >= 4 is 11.6 Å². The van der Waals surface area contributed by atoms with Gasteiger partial charge >= 0.3 is 0 Å². The van der Waals surface area contributed by atoms with Gasteiger partial charge in [0.05, 0.1) is 12.8 Å². The van der Waals surface area contributed by atoms with E-state index >= 15 is 0 Å². The number of nitrogens with one attached hydrogen (secondary N) is 1. The van der Waals surface area contributed by atoms with Gasteiger partial charge in [0.15, 0.2) is 0 Å². The normalized spacial score (nSPS) is 32.5. The molecule has 0 spiro atoms. The molecular weight excluding hydrogens is 348 g/mol. The number of ether oxygens (including phenoxy) is 1. The summed E-state index contributed by atoms with van der Waals surface area (Å²) in [5.74, 6) is 1.97. The number of rotatable bonds is 3. The number of methoxy groups -OCH3 is 1. The van der Waals surface area contributed by atoms with Crippen LogP contribution < -0.4 is 10.1 Å². The SMILES string of the molecule is COc1cc2c(cc1NC(=O)C1CCCC1)C[C@H]1C3CCCC[C@]23CCN1C. The number of hydrogen-bond acceptors (Lipinski definition) is 3. The van der Waals surface area contributed by atoms with Crippen LogP contribution >= 0.6 is 0 Å². The Morgan fingerprint density at radius 3 is 2.71 bits per heavy atom. The smallest absolute Gasteiger partial charge is 0.227 e. The molecule has 3 aliphatic carbocycles. The average Bonchev–Trinajstić information content (AvgIpc) is 3.25. The van der Waals surface area contributed by atoms with Crippen LogP contribution in [-0.4, -0.2) is 37.6 Å². The van der Waals surface area contributed by atoms with Crippen LogP contribution in [0.5, 0.6) is 5.75 Å². The molecule has 4 aliphatic rings. The third-order valence-corrected chi connectivity index (χ3v) is 8.41. The van der Waals surface area contributed by atoms with Crippen molar-refractivity contribution in [2.45, 2.75) is 75.7 Å². The number of carbonyl (C=O) groups excluding carboxylic acids is 1. The molecule has 5 rings (SSSR count). The number of piperidine rings is 1. The monoisotopic (exact) mass is 382 g/mol. The number of likely N-dealkylation sites (N-methyl/N-ethyl adjacent to an activating group) is 1. The van der Waals surface area contributed by atoms with Crippen molar-refractivity contribution in [2.24, 2.45) is 11.8 Å². The number of benzene rings is 1. The van der Waals surface area contributed by atoms with E-state index in [-0.39, 0.29) is 11.8 Å². The molecule has 1 unspecified atom stereocenters. The Balaban J connectivity index is 1.53. The molecular formula is C24H34N2O2. The summed E-state index contributed by atoms with van der Waals surface area (Å²) < 4.78 is 5.79. The Morgan fingerprint density at radius 2 is 1.93 bits per heavy atom. The second-order valence-electron chi connectivity index (χ2n) is 9.69. The van der Waals surface area contributed by atoms with Crippen molar-refractivity contribution in [2.75, 3.05) is 26.0 Å². The summed E-state index contributed by atoms with van der Waals surface area (Å²) in [6.07, 6.45) is 12.2. The van der Waals surface area contributed by atoms with Gasteiger partial charge in [-0.2, -0.15) is 0 Å². The number of anilines is 1. The third kappa shape index (κ3) is 2.79. The first-order valence-electron chi connectivity index (χ1n) is 11.3. The van der Waals surface area contributed by atoms with Gasteiger partial charge in [0.25, 0.3) is 0 Å². The van der Waals surface area contributed by atoms with E-state index in [0.29, 0.717) is 11.5 Å². The molecule has 28 heavy (non-hydrogen) atoms. The number of carbonyl (C=O) groups is 1. The highest BCUT2D eigenvalue weighted by atomic mass is 16.5. The van der Waals surface area contributed by atoms with Crippen molar-refractivity contribution in [3.63, 3.8) is 0 Å². The first-order chi connectivity index (χ1) is 13.6. The number of fused-ring (bicyclic) bond motifs is 1. The zero-order valence-corrected chi connectivity index (χ0v) is 17.4. The Labute approximate surface area is 169 Å². The predicted molar refractivity (Wildman–Crippen MR) is 112 cm³/mol. The summed E-state index contributed by atoms with van der Waals surface area (Å²) >= 11 is 0. The molecule has 1 heterocycles. The van der Waals surface area contributed by atoms with Gasteiger partial charge in [-0.15, -0.1) is 0 Å². The number of amides is 1. The molecule has 3 fully saturated rings. The van der Waals surface area contributed by atoms with Gasteiger partial charge in [-0.05, 0) is 81.3 Å². The lowest BCUT2D eigenvalue weighted by Crippen LogP contribution is -2.59. The van der Waals surface area contributed by atoms with Crippen LogP contribution in [0.2, 0.25) is 0 Å². The quantitative estimate of drug-likeness (QED) is 0.836. The molecule has 2 saturated carbocycles. The molecule has 1 aromatic carbocycles. The summed E-state index contributed by atoms with van der Waals surface area (Å²) in [6, 6.07) is 5.19. The summed E-state index contributed by atoms with van der Waals surface area (Å²) in [7, 11) is 4.05. The highest BCUT2D eigenvalue weighted by Crippen LogP contribution is 2.56. The minimum absolute atomic E-state index is 0.174. The minimum atomic E-state index is 0.174. The molecule has 2 bridgehead atoms. The van der Waals surface area contributed by atoms with E-state index in [1.54, 1.807) is 7.11 Å². The van der Waals surface area contributed by atoms with Crippen LogP contribution in [0.1, 0.15) is 68.9 Å². The molecule has 0 radical (unpaired) electrons. The minimum Gasteiger partial charge on any atom is -0.495 e. The summed E-state index contributed by atoms with van der Waals surface area (Å²) in [6.45, 7) is 1.20. The van der Waals surface area contributed by atoms with Crippen LogP contribution in [0.4, 0.5) is 5.69 Å². The third-order valence-electron chi connectivity index (χ3n) is 8.41. The van der Waals surface area contributed by atoms with E-state index in [9.17, 15) is 4.79 Å². The fourth-order valence-electron chi connectivity index (χ4n) is 6.93. The fourth-order valence-corrected chi connectivity index (χ4v) is 6.93. The second kappa shape index (κ2) is 7.05. The van der Waals surface area contributed by atoms with Crippen LogP contribution in [0.15, 0.2) is 12.1 Å². The lowest BCUT2D eigenvalue weighted by Gasteiger charge is -2.58. The van der Waals surface area contributed by atoms with Gasteiger partial charge in [-0.3, -0.25) is 4.79 Å². The summed E-state index contributed by atoms with van der Waals surface area (Å²) in [4.78, 5) is 15.3. The molecule has 1 saturated heterocycles. The van der Waals surface area contributed by atoms with E-state index < -0.39 is 0 Å². The number of likely N-dealkylation sites (tertiary alicyclic amines) is 1. The standard InChI is InChI=1S/C24H34N2O2/c1-26-12-11-24-10-6-5-9-18(24)21(26)14-17-13-20(22(28-2)15-19(17)24)25-23(27)16-7-3-4-8-16/h13,15-16,18,21H,3-12,14H2,1-2H3,(H,25,27)/t18?,21-,24+/m0/s1. The van der Waals surface area contributed by atoms with E-state index in [0.717, 1.165) is 36.6 Å². The largest absolute Gasteiger partial charge is 0.495 e. The van der Waals surface area contributed by atoms with Crippen molar-refractivity contribution in [3.05, 3.63) is 23.3 Å². The van der Waals surface area contributed by atoms with E-state index in [1.807, 2.05) is 0 Å². The zero-order chi connectivity index (χ0) is 19.3. The number of hydrogen-bond donors (Lipinski definition) is 1. The Hall–Kier alpha value is -1.55. The highest BCUT2D eigenvalue weighted by Gasteiger charge is 2.53. The molecule has 3 atom stereocenters. The summed E-state index contributed by atoms with van der Waals surface area (Å²) in [5.41, 5.74) is 4.17. The van der Waals surface area contributed by atoms with E-state index in [2.05, 4.69) is 29.4 Å². The molecule has 1 aliphatic heterocycles. The van der Waals surface area contributed by atoms with Gasteiger partial charge < -0.3 is 15.0 Å². The lowest BCUT2D eigenvalue weighted by atomic mass is 9.52. The van der Waals surface area contributed by atoms with Gasteiger partial charge in [0, 0.05) is 17.4 Å². The second-order valence-corrected chi connectivity index (χ2v) is 9.69. The lowest BCUT2D eigenvalue weighted by molar-refractivity contribution is -0.119. The highest BCUT2D eigenvalue weighted by molar-refractivity contribution is 5.94. The van der Waals surface area contributed by atoms with Crippen molar-refractivity contribution < 1.29 is 9.53 Å². The van der Waals surface area contributed by atoms with Crippen molar-refractivity contribution in [3.8, 4) is 5.75 Å². The molecule has 4 heteroatoms. The van der Waals surface area contributed by atoms with Crippen LogP contribution in [0.25, 0.3) is 0 Å². The van der Waals surface area contributed by atoms with Crippen molar-refractivity contribution in [1.29, 1.82) is 0 Å². The number of nitrogens with zero attached hydrogens (tertiary/aromatic N) is 1. The maximum Gasteiger partial charge on any atom is 0.227 e. The van der Waals surface area contributed by atoms with Crippen molar-refractivity contribution in [1.82, 2.24) is 4.90 Å². The van der Waals surface area contributed by atoms with Gasteiger partial charge in [0.1, 0.15) is 5.75 Å². The van der Waals surface area contributed by atoms with E-state index in [4.69, 9.17) is 4.74 Å². The van der Waals surface area contributed by atoms with Crippen LogP contribution in [-0.2, 0) is 16.6 Å². The average molecular weight is 383 g/mol. The Bertz CT molecular complexity index is 770. The predicted octanol–water partition coefficient (Wildman–Crippen LogP) is 4.51. The molecule has 1 N–H and O–H groups in total. The fraction of sp³-hybridized carbons (Fsp3) is 0.708. The van der Waals surface area contributed by atoms with Gasteiger partial charge in [0.2, 0.25) is 5.91 Å². The topological polar surface area (TPSA) is 41.6 Å². The molecule has 4 nitrogen and oxygen atoms in total. The molecule has 1 amide bonds. The molecule has 1 aromatic rings. The first-order valence-corrected chi connectivity index (χ1v) is 11.3. The van der Waals surface area contributed by atoms with Crippen LogP contribution in [0, 0.1) is 11.8 Å². The maximum atomic E-state index is 12.8. The Morgan fingerprint density at radius 1 is 1.14 bits per heavy atom. The van der Waals surface area contributed by atoms with Gasteiger partial charge in [-0.25, -0.2) is 0 Å². The Kier molecular flexibility index (Phi) is 4.65. The van der Waals surface area contributed by atoms with Crippen LogP contribution in [0.3, 0.4) is 0 Å². The van der Waals surface area contributed by atoms with Gasteiger partial charge in [-0.1, -0.05) is 25.7 Å². The zero-order valence-electron chi connectivity index (χ0n) is 17.4. The van der Waals surface area contributed by atoms with E-state index in [1.165, 1.54) is 62.6 Å². The first kappa shape index (κ1) is 18.5. The maximum absolute atomic E-state index is 12.8. The summed E-state index contributed by atoms with van der Waals surface area (Å²) in [5, 5.41) is 3.22. The molecule has 0 aromatic heterocycles.